The van der Waals surface area contributed by atoms with Crippen molar-refractivity contribution in [1.82, 2.24) is 4.90 Å². The Morgan fingerprint density at radius 3 is 2.54 bits per heavy atom. The van der Waals surface area contributed by atoms with Crippen molar-refractivity contribution in [2.45, 2.75) is 38.6 Å². The van der Waals surface area contributed by atoms with Crippen LogP contribution < -0.4 is 9.64 Å². The average molecular weight is 396 g/mol. The maximum atomic E-state index is 12.4. The molecule has 2 atom stereocenters. The quantitative estimate of drug-likeness (QED) is 0.846. The number of rotatable bonds is 4. The van der Waals surface area contributed by atoms with Crippen molar-refractivity contribution in [2.24, 2.45) is 5.92 Å². The second-order valence-corrected chi connectivity index (χ2v) is 8.07. The van der Waals surface area contributed by atoms with Gasteiger partial charge in [0.2, 0.25) is 0 Å². The zero-order valence-electron chi connectivity index (χ0n) is 14.5. The molecule has 1 aliphatic carbocycles. The van der Waals surface area contributed by atoms with Crippen LogP contribution in [0.3, 0.4) is 0 Å². The SMILES string of the molecule is C[C@@H]1CCCC[C@H]1[NH+]1CCN(C(=O)COc2ccc(Br)cc2)CC1. The van der Waals surface area contributed by atoms with Crippen LogP contribution in [0.2, 0.25) is 0 Å². The molecule has 3 rings (SSSR count). The average Bonchev–Trinajstić information content (AvgIpc) is 2.61. The molecule has 1 aliphatic heterocycles. The summed E-state index contributed by atoms with van der Waals surface area (Å²) in [4.78, 5) is 16.0. The van der Waals surface area contributed by atoms with Crippen molar-refractivity contribution in [2.75, 3.05) is 32.8 Å². The first-order chi connectivity index (χ1) is 11.6. The van der Waals surface area contributed by atoms with Crippen LogP contribution in [0.5, 0.6) is 5.75 Å². The first kappa shape index (κ1) is 17.7. The maximum absolute atomic E-state index is 12.4. The van der Waals surface area contributed by atoms with Gasteiger partial charge in [-0.25, -0.2) is 0 Å². The van der Waals surface area contributed by atoms with Crippen molar-refractivity contribution in [3.05, 3.63) is 28.7 Å². The Labute approximate surface area is 153 Å². The summed E-state index contributed by atoms with van der Waals surface area (Å²) >= 11 is 3.40. The van der Waals surface area contributed by atoms with E-state index < -0.39 is 0 Å². The Kier molecular flexibility index (Phi) is 6.17. The fraction of sp³-hybridized carbons (Fsp3) is 0.632. The van der Waals surface area contributed by atoms with Gasteiger partial charge in [0.15, 0.2) is 6.61 Å². The molecule has 2 fully saturated rings. The molecule has 0 bridgehead atoms. The summed E-state index contributed by atoms with van der Waals surface area (Å²) in [5.41, 5.74) is 0. The van der Waals surface area contributed by atoms with E-state index in [1.807, 2.05) is 29.2 Å². The molecule has 24 heavy (non-hydrogen) atoms. The molecule has 1 saturated carbocycles. The van der Waals surface area contributed by atoms with Gasteiger partial charge in [-0.1, -0.05) is 29.3 Å². The topological polar surface area (TPSA) is 34.0 Å². The van der Waals surface area contributed by atoms with Crippen LogP contribution in [-0.2, 0) is 4.79 Å². The van der Waals surface area contributed by atoms with Crippen molar-refractivity contribution in [3.8, 4) is 5.75 Å². The number of carbonyl (C=O) groups excluding carboxylic acids is 1. The lowest BCUT2D eigenvalue weighted by Crippen LogP contribution is -3.19. The van der Waals surface area contributed by atoms with Crippen LogP contribution in [0.25, 0.3) is 0 Å². The maximum Gasteiger partial charge on any atom is 0.260 e. The molecule has 1 N–H and O–H groups in total. The Hall–Kier alpha value is -1.07. The predicted octanol–water partition coefficient (Wildman–Crippen LogP) is 2.13. The fourth-order valence-corrected chi connectivity index (χ4v) is 4.37. The zero-order valence-corrected chi connectivity index (χ0v) is 16.1. The molecule has 0 radical (unpaired) electrons. The third kappa shape index (κ3) is 4.51. The van der Waals surface area contributed by atoms with Crippen molar-refractivity contribution in [3.63, 3.8) is 0 Å². The van der Waals surface area contributed by atoms with Crippen molar-refractivity contribution >= 4 is 21.8 Å². The van der Waals surface area contributed by atoms with Gasteiger partial charge in [0, 0.05) is 10.4 Å². The van der Waals surface area contributed by atoms with Gasteiger partial charge in [0.1, 0.15) is 5.75 Å². The lowest BCUT2D eigenvalue weighted by Gasteiger charge is -2.40. The molecule has 1 amide bonds. The second-order valence-electron chi connectivity index (χ2n) is 7.15. The highest BCUT2D eigenvalue weighted by Gasteiger charge is 2.33. The summed E-state index contributed by atoms with van der Waals surface area (Å²) in [6.07, 6.45) is 5.50. The minimum atomic E-state index is 0.105. The van der Waals surface area contributed by atoms with E-state index in [0.29, 0.717) is 0 Å². The van der Waals surface area contributed by atoms with Gasteiger partial charge in [-0.05, 0) is 43.5 Å². The summed E-state index contributed by atoms with van der Waals surface area (Å²) in [5.74, 6) is 1.68. The summed E-state index contributed by atoms with van der Waals surface area (Å²) < 4.78 is 6.63. The molecule has 1 aromatic carbocycles. The van der Waals surface area contributed by atoms with Crippen LogP contribution in [0.15, 0.2) is 28.7 Å². The normalized spacial score (nSPS) is 25.5. The molecule has 0 aromatic heterocycles. The van der Waals surface area contributed by atoms with Crippen LogP contribution in [0, 0.1) is 5.92 Å². The molecule has 1 saturated heterocycles. The number of carbonyl (C=O) groups is 1. The smallest absolute Gasteiger partial charge is 0.260 e. The number of hydrogen-bond acceptors (Lipinski definition) is 2. The number of hydrogen-bond donors (Lipinski definition) is 1. The number of quaternary nitrogens is 1. The number of halogens is 1. The Morgan fingerprint density at radius 1 is 1.21 bits per heavy atom. The van der Waals surface area contributed by atoms with Gasteiger partial charge in [-0.15, -0.1) is 0 Å². The number of ether oxygens (including phenoxy) is 1. The highest BCUT2D eigenvalue weighted by molar-refractivity contribution is 9.10. The Morgan fingerprint density at radius 2 is 1.88 bits per heavy atom. The first-order valence-corrected chi connectivity index (χ1v) is 9.93. The van der Waals surface area contributed by atoms with E-state index in [1.165, 1.54) is 25.7 Å². The monoisotopic (exact) mass is 395 g/mol. The van der Waals surface area contributed by atoms with E-state index in [0.717, 1.165) is 48.4 Å². The summed E-state index contributed by atoms with van der Waals surface area (Å²) in [7, 11) is 0. The summed E-state index contributed by atoms with van der Waals surface area (Å²) in [6.45, 7) is 6.43. The van der Waals surface area contributed by atoms with Gasteiger partial charge >= 0.3 is 0 Å². The Bertz CT molecular complexity index is 541. The van der Waals surface area contributed by atoms with Gasteiger partial charge in [-0.2, -0.15) is 0 Å². The number of nitrogens with zero attached hydrogens (tertiary/aromatic N) is 1. The largest absolute Gasteiger partial charge is 0.484 e. The van der Waals surface area contributed by atoms with Crippen LogP contribution in [-0.4, -0.2) is 49.6 Å². The van der Waals surface area contributed by atoms with Gasteiger partial charge in [-0.3, -0.25) is 4.79 Å². The van der Waals surface area contributed by atoms with E-state index >= 15 is 0 Å². The third-order valence-electron chi connectivity index (χ3n) is 5.57. The molecule has 5 heteroatoms. The lowest BCUT2D eigenvalue weighted by atomic mass is 9.84. The van der Waals surface area contributed by atoms with E-state index in [1.54, 1.807) is 4.90 Å². The number of amides is 1. The number of piperazine rings is 1. The fourth-order valence-electron chi connectivity index (χ4n) is 4.10. The first-order valence-electron chi connectivity index (χ1n) is 9.14. The van der Waals surface area contributed by atoms with E-state index in [9.17, 15) is 4.79 Å². The van der Waals surface area contributed by atoms with E-state index in [-0.39, 0.29) is 12.5 Å². The summed E-state index contributed by atoms with van der Waals surface area (Å²) in [5, 5.41) is 0. The second kappa shape index (κ2) is 8.34. The van der Waals surface area contributed by atoms with E-state index in [4.69, 9.17) is 4.74 Å². The minimum absolute atomic E-state index is 0.105. The van der Waals surface area contributed by atoms with Crippen molar-refractivity contribution in [1.29, 1.82) is 0 Å². The Balaban J connectivity index is 1.44. The molecule has 1 heterocycles. The molecule has 2 aliphatic rings. The lowest BCUT2D eigenvalue weighted by molar-refractivity contribution is -0.934. The minimum Gasteiger partial charge on any atom is -0.484 e. The third-order valence-corrected chi connectivity index (χ3v) is 6.10. The molecular formula is C19H28BrN2O2+. The molecule has 0 unspecified atom stereocenters. The standard InChI is InChI=1S/C19H27BrN2O2/c1-15-4-2-3-5-18(15)21-10-12-22(13-11-21)19(23)14-24-17-8-6-16(20)7-9-17/h6-9,15,18H,2-5,10-14H2,1H3/p+1/t15-,18-/m1/s1. The van der Waals surface area contributed by atoms with Gasteiger partial charge in [0.05, 0.1) is 32.2 Å². The number of benzene rings is 1. The highest BCUT2D eigenvalue weighted by atomic mass is 79.9. The molecule has 4 nitrogen and oxygen atoms in total. The molecule has 132 valence electrons. The molecule has 1 aromatic rings. The predicted molar refractivity (Wildman–Crippen MR) is 98.3 cm³/mol. The van der Waals surface area contributed by atoms with Crippen LogP contribution in [0.1, 0.15) is 32.6 Å². The van der Waals surface area contributed by atoms with Gasteiger partial charge in [0.25, 0.3) is 5.91 Å². The van der Waals surface area contributed by atoms with Crippen LogP contribution >= 0.6 is 15.9 Å². The zero-order chi connectivity index (χ0) is 16.9. The van der Waals surface area contributed by atoms with E-state index in [2.05, 4.69) is 22.9 Å². The summed E-state index contributed by atoms with van der Waals surface area (Å²) in [6, 6.07) is 8.41. The van der Waals surface area contributed by atoms with Crippen LogP contribution in [0.4, 0.5) is 0 Å². The van der Waals surface area contributed by atoms with Crippen molar-refractivity contribution < 1.29 is 14.4 Å². The van der Waals surface area contributed by atoms with Gasteiger partial charge < -0.3 is 14.5 Å². The number of nitrogens with one attached hydrogen (secondary N) is 1. The highest BCUT2D eigenvalue weighted by Crippen LogP contribution is 2.22. The molecule has 0 spiro atoms. The molecular weight excluding hydrogens is 368 g/mol.